The van der Waals surface area contributed by atoms with Crippen LogP contribution in [0.15, 0.2) is 20.9 Å². The minimum absolute atomic E-state index is 0.0561. The summed E-state index contributed by atoms with van der Waals surface area (Å²) < 4.78 is 1.26. The number of aromatic nitrogens is 2. The van der Waals surface area contributed by atoms with Crippen molar-refractivity contribution in [2.24, 2.45) is 0 Å². The van der Waals surface area contributed by atoms with Crippen LogP contribution in [0, 0.1) is 0 Å². The Balaban J connectivity index is 2.11. The van der Waals surface area contributed by atoms with Gasteiger partial charge < -0.3 is 10.4 Å². The minimum Gasteiger partial charge on any atom is -0.481 e. The van der Waals surface area contributed by atoms with Crippen LogP contribution in [-0.2, 0) is 4.79 Å². The van der Waals surface area contributed by atoms with E-state index < -0.39 is 5.97 Å². The SMILES string of the molecule is O=C(O)CSc1nnc(Nc2ccc(Br)c(Cl)c2Cl)s1. The molecule has 10 heteroatoms. The first kappa shape index (κ1) is 15.8. The third kappa shape index (κ3) is 3.98. The van der Waals surface area contributed by atoms with Gasteiger partial charge in [0, 0.05) is 4.47 Å². The number of nitrogens with one attached hydrogen (secondary N) is 1. The maximum absolute atomic E-state index is 10.5. The van der Waals surface area contributed by atoms with Crippen LogP contribution in [0.2, 0.25) is 10.0 Å². The number of carboxylic acids is 1. The van der Waals surface area contributed by atoms with Gasteiger partial charge in [-0.15, -0.1) is 10.2 Å². The van der Waals surface area contributed by atoms with E-state index in [1.807, 2.05) is 0 Å². The zero-order valence-electron chi connectivity index (χ0n) is 9.56. The largest absolute Gasteiger partial charge is 0.481 e. The summed E-state index contributed by atoms with van der Waals surface area (Å²) in [6.07, 6.45) is 0. The summed E-state index contributed by atoms with van der Waals surface area (Å²) in [4.78, 5) is 10.5. The van der Waals surface area contributed by atoms with E-state index in [1.54, 1.807) is 12.1 Å². The summed E-state index contributed by atoms with van der Waals surface area (Å²) >= 11 is 17.8. The number of benzene rings is 1. The second-order valence-electron chi connectivity index (χ2n) is 3.40. The second kappa shape index (κ2) is 6.95. The van der Waals surface area contributed by atoms with E-state index in [0.717, 1.165) is 11.8 Å². The number of carboxylic acid groups (broad SMARTS) is 1. The quantitative estimate of drug-likeness (QED) is 0.553. The van der Waals surface area contributed by atoms with E-state index in [0.29, 0.717) is 29.7 Å². The van der Waals surface area contributed by atoms with Gasteiger partial charge in [0.15, 0.2) is 4.34 Å². The number of nitrogens with zero attached hydrogens (tertiary/aromatic N) is 2. The summed E-state index contributed by atoms with van der Waals surface area (Å²) in [5, 5.41) is 20.7. The minimum atomic E-state index is -0.901. The topological polar surface area (TPSA) is 75.1 Å². The summed E-state index contributed by atoms with van der Waals surface area (Å²) in [5.41, 5.74) is 0.603. The van der Waals surface area contributed by atoms with E-state index in [2.05, 4.69) is 31.4 Å². The molecule has 0 atom stereocenters. The fourth-order valence-corrected chi connectivity index (χ4v) is 3.49. The van der Waals surface area contributed by atoms with Crippen molar-refractivity contribution in [1.82, 2.24) is 10.2 Å². The number of halogens is 3. The van der Waals surface area contributed by atoms with Crippen molar-refractivity contribution in [3.8, 4) is 0 Å². The number of hydrogen-bond donors (Lipinski definition) is 2. The van der Waals surface area contributed by atoms with Crippen molar-refractivity contribution >= 4 is 79.0 Å². The Kier molecular flexibility index (Phi) is 5.50. The number of thioether (sulfide) groups is 1. The standard InChI is InChI=1S/C10H6BrCl2N3O2S2/c11-4-1-2-5(8(13)7(4)12)14-9-15-16-10(20-9)19-3-6(17)18/h1-2H,3H2,(H,14,15)(H,17,18). The van der Waals surface area contributed by atoms with Gasteiger partial charge in [-0.1, -0.05) is 46.3 Å². The second-order valence-corrected chi connectivity index (χ2v) is 7.21. The number of rotatable bonds is 5. The fourth-order valence-electron chi connectivity index (χ4n) is 1.18. The average Bonchev–Trinajstić information content (AvgIpc) is 2.85. The van der Waals surface area contributed by atoms with Crippen molar-refractivity contribution in [1.29, 1.82) is 0 Å². The Labute approximate surface area is 140 Å². The van der Waals surface area contributed by atoms with Crippen LogP contribution >= 0.6 is 62.2 Å². The Bertz CT molecular complexity index is 653. The van der Waals surface area contributed by atoms with E-state index in [-0.39, 0.29) is 5.75 Å². The molecule has 0 fully saturated rings. The van der Waals surface area contributed by atoms with Gasteiger partial charge in [-0.05, 0) is 28.1 Å². The molecule has 0 aliphatic rings. The number of hydrogen-bond acceptors (Lipinski definition) is 6. The molecule has 2 N–H and O–H groups in total. The predicted octanol–water partition coefficient (Wildman–Crippen LogP) is 4.53. The van der Waals surface area contributed by atoms with Crippen molar-refractivity contribution in [2.75, 3.05) is 11.1 Å². The third-order valence-electron chi connectivity index (χ3n) is 2.00. The Morgan fingerprint density at radius 3 is 2.85 bits per heavy atom. The number of carbonyl (C=O) groups is 1. The van der Waals surface area contributed by atoms with Gasteiger partial charge in [0.1, 0.15) is 0 Å². The molecule has 1 heterocycles. The molecule has 0 radical (unpaired) electrons. The van der Waals surface area contributed by atoms with Gasteiger partial charge in [0.05, 0.1) is 21.5 Å². The maximum atomic E-state index is 10.5. The molecule has 5 nitrogen and oxygen atoms in total. The van der Waals surface area contributed by atoms with Crippen molar-refractivity contribution in [3.63, 3.8) is 0 Å². The van der Waals surface area contributed by atoms with Crippen LogP contribution in [-0.4, -0.2) is 27.0 Å². The lowest BCUT2D eigenvalue weighted by Gasteiger charge is -2.07. The maximum Gasteiger partial charge on any atom is 0.313 e. The van der Waals surface area contributed by atoms with E-state index in [1.165, 1.54) is 11.3 Å². The van der Waals surface area contributed by atoms with Crippen molar-refractivity contribution < 1.29 is 9.90 Å². The molecule has 0 aliphatic heterocycles. The van der Waals surface area contributed by atoms with E-state index >= 15 is 0 Å². The predicted molar refractivity (Wildman–Crippen MR) is 85.7 cm³/mol. The highest BCUT2D eigenvalue weighted by Crippen LogP contribution is 2.38. The zero-order chi connectivity index (χ0) is 14.7. The molecule has 2 rings (SSSR count). The molecule has 2 aromatic rings. The van der Waals surface area contributed by atoms with Gasteiger partial charge in [-0.3, -0.25) is 4.79 Å². The number of aliphatic carboxylic acids is 1. The van der Waals surface area contributed by atoms with Gasteiger partial charge in [-0.2, -0.15) is 0 Å². The van der Waals surface area contributed by atoms with Gasteiger partial charge in [0.2, 0.25) is 5.13 Å². The summed E-state index contributed by atoms with van der Waals surface area (Å²) in [6, 6.07) is 3.52. The van der Waals surface area contributed by atoms with E-state index in [9.17, 15) is 4.79 Å². The summed E-state index contributed by atoms with van der Waals surface area (Å²) in [5.74, 6) is -0.957. The van der Waals surface area contributed by atoms with Gasteiger partial charge in [-0.25, -0.2) is 0 Å². The van der Waals surface area contributed by atoms with Crippen LogP contribution in [0.1, 0.15) is 0 Å². The molecule has 0 unspecified atom stereocenters. The molecule has 0 bridgehead atoms. The van der Waals surface area contributed by atoms with Crippen LogP contribution in [0.25, 0.3) is 0 Å². The molecule has 0 amide bonds. The van der Waals surface area contributed by atoms with Crippen LogP contribution in [0.4, 0.5) is 10.8 Å². The smallest absolute Gasteiger partial charge is 0.313 e. The fraction of sp³-hybridized carbons (Fsp3) is 0.100. The van der Waals surface area contributed by atoms with Crippen molar-refractivity contribution in [2.45, 2.75) is 4.34 Å². The lowest BCUT2D eigenvalue weighted by Crippen LogP contribution is -1.96. The highest BCUT2D eigenvalue weighted by atomic mass is 79.9. The van der Waals surface area contributed by atoms with Crippen LogP contribution in [0.3, 0.4) is 0 Å². The number of anilines is 2. The first-order valence-corrected chi connectivity index (χ1v) is 8.41. The molecule has 1 aromatic carbocycles. The summed E-state index contributed by atoms with van der Waals surface area (Å²) in [6.45, 7) is 0. The normalized spacial score (nSPS) is 10.6. The first-order valence-electron chi connectivity index (χ1n) is 5.06. The molecule has 0 spiro atoms. The molecule has 20 heavy (non-hydrogen) atoms. The zero-order valence-corrected chi connectivity index (χ0v) is 14.3. The van der Waals surface area contributed by atoms with Gasteiger partial charge in [0.25, 0.3) is 0 Å². The lowest BCUT2D eigenvalue weighted by atomic mass is 10.3. The molecule has 0 saturated heterocycles. The third-order valence-corrected chi connectivity index (χ3v) is 5.73. The van der Waals surface area contributed by atoms with E-state index in [4.69, 9.17) is 28.3 Å². The molecule has 1 aromatic heterocycles. The van der Waals surface area contributed by atoms with Gasteiger partial charge >= 0.3 is 5.97 Å². The first-order chi connectivity index (χ1) is 9.47. The Morgan fingerprint density at radius 1 is 1.40 bits per heavy atom. The Morgan fingerprint density at radius 2 is 2.15 bits per heavy atom. The van der Waals surface area contributed by atoms with Crippen LogP contribution < -0.4 is 5.32 Å². The summed E-state index contributed by atoms with van der Waals surface area (Å²) in [7, 11) is 0. The monoisotopic (exact) mass is 413 g/mol. The van der Waals surface area contributed by atoms with Crippen molar-refractivity contribution in [3.05, 3.63) is 26.7 Å². The molecular formula is C10H6BrCl2N3O2S2. The average molecular weight is 415 g/mol. The molecule has 0 aliphatic carbocycles. The molecule has 0 saturated carbocycles. The molecular weight excluding hydrogens is 409 g/mol. The highest BCUT2D eigenvalue weighted by Gasteiger charge is 2.11. The lowest BCUT2D eigenvalue weighted by molar-refractivity contribution is -0.133. The van der Waals surface area contributed by atoms with Crippen LogP contribution in [0.5, 0.6) is 0 Å². The highest BCUT2D eigenvalue weighted by molar-refractivity contribution is 9.10. The Hall–Kier alpha value is -0.540. The molecule has 106 valence electrons.